The number of hydrogen-bond donors (Lipinski definition) is 1. The lowest BCUT2D eigenvalue weighted by Crippen LogP contribution is -2.43. The van der Waals surface area contributed by atoms with E-state index in [2.05, 4.69) is 72.0 Å². The van der Waals surface area contributed by atoms with Crippen molar-refractivity contribution in [2.45, 2.75) is 65.3 Å². The molecule has 3 unspecified atom stereocenters. The Morgan fingerprint density at radius 2 is 1.49 bits per heavy atom. The van der Waals surface area contributed by atoms with E-state index in [1.165, 1.54) is 45.3 Å². The molecule has 0 heterocycles. The average molecular weight is 522 g/mol. The fraction of sp³-hybridized carbons (Fsp3) is 0.371. The number of carbonyl (C=O) groups is 2. The van der Waals surface area contributed by atoms with Crippen molar-refractivity contribution in [1.82, 2.24) is 5.32 Å². The first kappa shape index (κ1) is 26.9. The highest BCUT2D eigenvalue weighted by atomic mass is 16.5. The van der Waals surface area contributed by atoms with Gasteiger partial charge >= 0.3 is 5.97 Å². The molecular formula is C35H39NO3. The van der Waals surface area contributed by atoms with Crippen molar-refractivity contribution in [2.75, 3.05) is 7.11 Å². The van der Waals surface area contributed by atoms with Gasteiger partial charge in [-0.1, -0.05) is 93.6 Å². The first-order valence-electron chi connectivity index (χ1n) is 14.0. The summed E-state index contributed by atoms with van der Waals surface area (Å²) in [5, 5.41) is 8.01. The standard InChI is InChI=1S/C35H39NO3/c1-6-35(4,33(38)39-5)22-26(21-34(2,3)32(37)36-30-20-25-15-7-10-16-27(25)30)31-28-17-11-8-13-23(28)19-24-14-9-12-18-29(24)31/h7-19,26,30H,6,20-22H2,1-5H3,(H,36,37). The van der Waals surface area contributed by atoms with Crippen LogP contribution in [0.25, 0.3) is 21.5 Å². The van der Waals surface area contributed by atoms with Crippen LogP contribution in [0.5, 0.6) is 0 Å². The second kappa shape index (κ2) is 10.5. The molecule has 0 bridgehead atoms. The van der Waals surface area contributed by atoms with Crippen LogP contribution >= 0.6 is 0 Å². The molecule has 4 aromatic carbocycles. The summed E-state index contributed by atoms with van der Waals surface area (Å²) < 4.78 is 5.29. The van der Waals surface area contributed by atoms with E-state index in [0.29, 0.717) is 19.3 Å². The molecule has 0 saturated carbocycles. The Kier molecular flexibility index (Phi) is 7.24. The molecule has 39 heavy (non-hydrogen) atoms. The summed E-state index contributed by atoms with van der Waals surface area (Å²) in [7, 11) is 1.46. The topological polar surface area (TPSA) is 55.4 Å². The second-order valence-electron chi connectivity index (χ2n) is 12.1. The van der Waals surface area contributed by atoms with Crippen molar-refractivity contribution in [3.8, 4) is 0 Å². The lowest BCUT2D eigenvalue weighted by atomic mass is 9.69. The van der Waals surface area contributed by atoms with E-state index in [1.54, 1.807) is 0 Å². The summed E-state index contributed by atoms with van der Waals surface area (Å²) in [6.45, 7) is 8.11. The van der Waals surface area contributed by atoms with Crippen molar-refractivity contribution >= 4 is 33.4 Å². The van der Waals surface area contributed by atoms with Gasteiger partial charge in [-0.25, -0.2) is 0 Å². The third kappa shape index (κ3) is 5.05. The molecule has 1 N–H and O–H groups in total. The third-order valence-electron chi connectivity index (χ3n) is 8.91. The normalized spacial score (nSPS) is 17.1. The number of carbonyl (C=O) groups excluding carboxylic acids is 2. The zero-order valence-corrected chi connectivity index (χ0v) is 23.7. The molecule has 4 heteroatoms. The highest BCUT2D eigenvalue weighted by molar-refractivity contribution is 6.03. The number of fused-ring (bicyclic) bond motifs is 3. The zero-order valence-electron chi connectivity index (χ0n) is 23.7. The Hall–Kier alpha value is -3.66. The molecule has 1 amide bonds. The van der Waals surface area contributed by atoms with Gasteiger partial charge in [-0.15, -0.1) is 0 Å². The smallest absolute Gasteiger partial charge is 0.311 e. The molecule has 0 saturated heterocycles. The van der Waals surface area contributed by atoms with Crippen LogP contribution in [0, 0.1) is 10.8 Å². The van der Waals surface area contributed by atoms with Crippen LogP contribution in [0.3, 0.4) is 0 Å². The Morgan fingerprint density at radius 3 is 2.08 bits per heavy atom. The van der Waals surface area contributed by atoms with Crippen LogP contribution < -0.4 is 5.32 Å². The predicted octanol–water partition coefficient (Wildman–Crippen LogP) is 7.89. The van der Waals surface area contributed by atoms with Gasteiger partial charge in [-0.3, -0.25) is 9.59 Å². The minimum Gasteiger partial charge on any atom is -0.469 e. The Balaban J connectivity index is 1.57. The largest absolute Gasteiger partial charge is 0.469 e. The van der Waals surface area contributed by atoms with Crippen molar-refractivity contribution in [3.05, 3.63) is 95.6 Å². The minimum absolute atomic E-state index is 0.0422. The van der Waals surface area contributed by atoms with E-state index < -0.39 is 10.8 Å². The van der Waals surface area contributed by atoms with Crippen LogP contribution in [0.2, 0.25) is 0 Å². The van der Waals surface area contributed by atoms with E-state index >= 15 is 0 Å². The molecular weight excluding hydrogens is 482 g/mol. The summed E-state index contributed by atoms with van der Waals surface area (Å²) in [4.78, 5) is 26.9. The molecule has 0 aliphatic heterocycles. The predicted molar refractivity (Wildman–Crippen MR) is 159 cm³/mol. The van der Waals surface area contributed by atoms with E-state index in [1.807, 2.05) is 39.8 Å². The minimum atomic E-state index is -0.670. The Labute approximate surface area is 231 Å². The summed E-state index contributed by atoms with van der Waals surface area (Å²) in [6.07, 6.45) is 2.73. The maximum absolute atomic E-state index is 13.8. The number of benzene rings is 4. The molecule has 5 rings (SSSR count). The highest BCUT2D eigenvalue weighted by Crippen LogP contribution is 2.46. The molecule has 4 nitrogen and oxygen atoms in total. The molecule has 0 fully saturated rings. The monoisotopic (exact) mass is 521 g/mol. The number of rotatable bonds is 9. The summed E-state index contributed by atoms with van der Waals surface area (Å²) in [5.74, 6) is -0.194. The maximum Gasteiger partial charge on any atom is 0.311 e. The number of methoxy groups -OCH3 is 1. The number of esters is 1. The van der Waals surface area contributed by atoms with Gasteiger partial charge < -0.3 is 10.1 Å². The van der Waals surface area contributed by atoms with Gasteiger partial charge in [0, 0.05) is 5.41 Å². The molecule has 1 aliphatic carbocycles. The molecule has 1 aliphatic rings. The van der Waals surface area contributed by atoms with Crippen molar-refractivity contribution < 1.29 is 14.3 Å². The van der Waals surface area contributed by atoms with Crippen LogP contribution in [-0.4, -0.2) is 19.0 Å². The van der Waals surface area contributed by atoms with Gasteiger partial charge in [-0.05, 0) is 82.8 Å². The zero-order chi connectivity index (χ0) is 27.8. The van der Waals surface area contributed by atoms with Crippen LogP contribution in [0.1, 0.15) is 75.6 Å². The molecule has 0 aromatic heterocycles. The van der Waals surface area contributed by atoms with E-state index in [-0.39, 0.29) is 23.8 Å². The SMILES string of the molecule is CCC(C)(CC(CC(C)(C)C(=O)NC1Cc2ccccc21)c1c2ccccc2cc2ccccc12)C(=O)OC. The Bertz CT molecular complexity index is 1480. The van der Waals surface area contributed by atoms with Crippen molar-refractivity contribution in [2.24, 2.45) is 10.8 Å². The van der Waals surface area contributed by atoms with Gasteiger partial charge in [0.15, 0.2) is 0 Å². The van der Waals surface area contributed by atoms with Crippen LogP contribution in [0.15, 0.2) is 78.9 Å². The maximum atomic E-state index is 13.8. The lowest BCUT2D eigenvalue weighted by Gasteiger charge is -2.37. The Morgan fingerprint density at radius 1 is 0.897 bits per heavy atom. The van der Waals surface area contributed by atoms with Gasteiger partial charge in [0.1, 0.15) is 0 Å². The fourth-order valence-corrected chi connectivity index (χ4v) is 6.38. The molecule has 0 spiro atoms. The third-order valence-corrected chi connectivity index (χ3v) is 8.91. The number of nitrogens with one attached hydrogen (secondary N) is 1. The molecule has 4 aromatic rings. The summed E-state index contributed by atoms with van der Waals surface area (Å²) >= 11 is 0. The summed E-state index contributed by atoms with van der Waals surface area (Å²) in [5.41, 5.74) is 2.40. The van der Waals surface area contributed by atoms with Crippen LogP contribution in [-0.2, 0) is 20.7 Å². The van der Waals surface area contributed by atoms with E-state index in [0.717, 1.165) is 6.42 Å². The van der Waals surface area contributed by atoms with Gasteiger partial charge in [0.05, 0.1) is 18.6 Å². The van der Waals surface area contributed by atoms with Crippen LogP contribution in [0.4, 0.5) is 0 Å². The van der Waals surface area contributed by atoms with Crippen molar-refractivity contribution in [3.63, 3.8) is 0 Å². The first-order valence-corrected chi connectivity index (χ1v) is 14.0. The van der Waals surface area contributed by atoms with E-state index in [4.69, 9.17) is 4.74 Å². The fourth-order valence-electron chi connectivity index (χ4n) is 6.38. The number of ether oxygens (including phenoxy) is 1. The van der Waals surface area contributed by atoms with Gasteiger partial charge in [0.2, 0.25) is 5.91 Å². The second-order valence-corrected chi connectivity index (χ2v) is 12.1. The summed E-state index contributed by atoms with van der Waals surface area (Å²) in [6, 6.07) is 27.5. The quantitative estimate of drug-likeness (QED) is 0.180. The van der Waals surface area contributed by atoms with Gasteiger partial charge in [-0.2, -0.15) is 0 Å². The van der Waals surface area contributed by atoms with E-state index in [9.17, 15) is 9.59 Å². The molecule has 202 valence electrons. The lowest BCUT2D eigenvalue weighted by molar-refractivity contribution is -0.152. The molecule has 0 radical (unpaired) electrons. The number of amides is 1. The van der Waals surface area contributed by atoms with Gasteiger partial charge in [0.25, 0.3) is 0 Å². The molecule has 3 atom stereocenters. The number of hydrogen-bond acceptors (Lipinski definition) is 3. The average Bonchev–Trinajstić information content (AvgIpc) is 2.93. The first-order chi connectivity index (χ1) is 18.7. The van der Waals surface area contributed by atoms with Crippen molar-refractivity contribution in [1.29, 1.82) is 0 Å². The highest BCUT2D eigenvalue weighted by Gasteiger charge is 2.41.